The van der Waals surface area contributed by atoms with Gasteiger partial charge in [-0.3, -0.25) is 4.90 Å². The van der Waals surface area contributed by atoms with Crippen LogP contribution in [0.3, 0.4) is 0 Å². The molecule has 0 aliphatic carbocycles. The Labute approximate surface area is 163 Å². The van der Waals surface area contributed by atoms with E-state index < -0.39 is 5.97 Å². The summed E-state index contributed by atoms with van der Waals surface area (Å²) in [5.74, 6) is -0.893. The lowest BCUT2D eigenvalue weighted by Gasteiger charge is -2.30. The summed E-state index contributed by atoms with van der Waals surface area (Å²) in [6.45, 7) is 4.33. The van der Waals surface area contributed by atoms with E-state index in [4.69, 9.17) is 4.98 Å². The Hall–Kier alpha value is -2.02. The summed E-state index contributed by atoms with van der Waals surface area (Å²) in [7, 11) is 0. The van der Waals surface area contributed by atoms with Crippen molar-refractivity contribution in [2.24, 2.45) is 0 Å². The first kappa shape index (κ1) is 17.4. The number of aromatic nitrogens is 1. The van der Waals surface area contributed by atoms with Gasteiger partial charge in [0.1, 0.15) is 0 Å². The van der Waals surface area contributed by atoms with E-state index in [-0.39, 0.29) is 0 Å². The fourth-order valence-electron chi connectivity index (χ4n) is 3.45. The molecule has 1 aromatic carbocycles. The molecule has 0 spiro atoms. The average Bonchev–Trinajstić information content (AvgIpc) is 3.04. The maximum atomic E-state index is 12.1. The molecular formula is C20H17BrN2O2S. The zero-order chi connectivity index (χ0) is 18.3. The Morgan fingerprint density at radius 3 is 2.88 bits per heavy atom. The first-order valence-corrected chi connectivity index (χ1v) is 10.1. The number of halogens is 1. The van der Waals surface area contributed by atoms with Crippen LogP contribution in [-0.2, 0) is 6.54 Å². The Kier molecular flexibility index (Phi) is 4.65. The molecule has 0 fully saturated rings. The monoisotopic (exact) mass is 428 g/mol. The summed E-state index contributed by atoms with van der Waals surface area (Å²) in [4.78, 5) is 19.2. The fourth-order valence-corrected chi connectivity index (χ4v) is 4.58. The van der Waals surface area contributed by atoms with E-state index in [2.05, 4.69) is 45.3 Å². The molecule has 3 heterocycles. The van der Waals surface area contributed by atoms with Crippen LogP contribution in [0.25, 0.3) is 22.6 Å². The SMILES string of the molecule is CCN1C/C(=C\c2csc(Br)c2)c2nc3ccccc3c(C(=O)O)c2C1. The van der Waals surface area contributed by atoms with Gasteiger partial charge in [0.15, 0.2) is 0 Å². The zero-order valence-electron chi connectivity index (χ0n) is 14.2. The smallest absolute Gasteiger partial charge is 0.336 e. The summed E-state index contributed by atoms with van der Waals surface area (Å²) >= 11 is 5.14. The van der Waals surface area contributed by atoms with Gasteiger partial charge in [0.2, 0.25) is 0 Å². The van der Waals surface area contributed by atoms with Crippen LogP contribution in [0, 0.1) is 0 Å². The largest absolute Gasteiger partial charge is 0.478 e. The first-order chi connectivity index (χ1) is 12.6. The van der Waals surface area contributed by atoms with Crippen LogP contribution in [0.4, 0.5) is 0 Å². The first-order valence-electron chi connectivity index (χ1n) is 8.39. The maximum Gasteiger partial charge on any atom is 0.336 e. The number of carboxylic acid groups (broad SMARTS) is 1. The molecule has 0 unspecified atom stereocenters. The van der Waals surface area contributed by atoms with E-state index in [1.807, 2.05) is 24.3 Å². The molecule has 2 aromatic heterocycles. The molecule has 6 heteroatoms. The van der Waals surface area contributed by atoms with Crippen LogP contribution in [-0.4, -0.2) is 34.0 Å². The Morgan fingerprint density at radius 2 is 2.19 bits per heavy atom. The summed E-state index contributed by atoms with van der Waals surface area (Å²) in [5.41, 5.74) is 4.89. The number of hydrogen-bond donors (Lipinski definition) is 1. The third-order valence-corrected chi connectivity index (χ3v) is 6.19. The molecule has 0 amide bonds. The predicted octanol–water partition coefficient (Wildman–Crippen LogP) is 5.13. The predicted molar refractivity (Wildman–Crippen MR) is 110 cm³/mol. The molecule has 0 bridgehead atoms. The molecule has 26 heavy (non-hydrogen) atoms. The molecule has 0 atom stereocenters. The molecule has 3 aromatic rings. The van der Waals surface area contributed by atoms with Crippen molar-refractivity contribution in [3.05, 3.63) is 61.9 Å². The topological polar surface area (TPSA) is 53.4 Å². The van der Waals surface area contributed by atoms with Crippen molar-refractivity contribution >= 4 is 55.8 Å². The van der Waals surface area contributed by atoms with Crippen molar-refractivity contribution in [1.29, 1.82) is 0 Å². The number of carbonyl (C=O) groups is 1. The van der Waals surface area contributed by atoms with Crippen molar-refractivity contribution in [2.75, 3.05) is 13.1 Å². The van der Waals surface area contributed by atoms with Gasteiger partial charge in [0.05, 0.1) is 20.6 Å². The van der Waals surface area contributed by atoms with Crippen LogP contribution in [0.15, 0.2) is 39.5 Å². The van der Waals surface area contributed by atoms with Crippen LogP contribution >= 0.6 is 27.3 Å². The van der Waals surface area contributed by atoms with Gasteiger partial charge in [-0.1, -0.05) is 25.1 Å². The highest BCUT2D eigenvalue weighted by Gasteiger charge is 2.27. The number of benzene rings is 1. The fraction of sp³-hybridized carbons (Fsp3) is 0.200. The number of para-hydroxylation sites is 1. The normalized spacial score (nSPS) is 16.2. The van der Waals surface area contributed by atoms with Gasteiger partial charge < -0.3 is 5.11 Å². The van der Waals surface area contributed by atoms with Crippen LogP contribution in [0.5, 0.6) is 0 Å². The Balaban J connectivity index is 1.99. The second kappa shape index (κ2) is 6.95. The van der Waals surface area contributed by atoms with Gasteiger partial charge in [-0.2, -0.15) is 0 Å². The van der Waals surface area contributed by atoms with Gasteiger partial charge >= 0.3 is 5.97 Å². The van der Waals surface area contributed by atoms with E-state index in [9.17, 15) is 9.90 Å². The van der Waals surface area contributed by atoms with Crippen molar-refractivity contribution in [3.63, 3.8) is 0 Å². The molecule has 4 nitrogen and oxygen atoms in total. The van der Waals surface area contributed by atoms with E-state index in [1.165, 1.54) is 0 Å². The second-order valence-corrected chi connectivity index (χ2v) is 8.58. The minimum atomic E-state index is -0.893. The highest BCUT2D eigenvalue weighted by atomic mass is 79.9. The lowest BCUT2D eigenvalue weighted by Crippen LogP contribution is -2.31. The third kappa shape index (κ3) is 3.09. The van der Waals surface area contributed by atoms with Crippen molar-refractivity contribution in [3.8, 4) is 0 Å². The summed E-state index contributed by atoms with van der Waals surface area (Å²) < 4.78 is 1.07. The van der Waals surface area contributed by atoms with Gasteiger partial charge in [0, 0.05) is 24.0 Å². The number of rotatable bonds is 3. The lowest BCUT2D eigenvalue weighted by molar-refractivity contribution is 0.0696. The summed E-state index contributed by atoms with van der Waals surface area (Å²) in [6.07, 6.45) is 2.12. The van der Waals surface area contributed by atoms with Gasteiger partial charge in [-0.15, -0.1) is 11.3 Å². The standard InChI is InChI=1S/C20H17BrN2O2S/c1-2-23-9-13(7-12-8-17(21)26-11-12)19-15(10-23)18(20(24)25)14-5-3-4-6-16(14)22-19/h3-8,11H,2,9-10H2,1H3,(H,24,25)/b13-7+. The minimum absolute atomic E-state index is 0.376. The van der Waals surface area contributed by atoms with Crippen molar-refractivity contribution in [2.45, 2.75) is 13.5 Å². The number of thiophene rings is 1. The van der Waals surface area contributed by atoms with E-state index in [0.29, 0.717) is 17.5 Å². The molecule has 132 valence electrons. The van der Waals surface area contributed by atoms with Gasteiger partial charge in [-0.25, -0.2) is 9.78 Å². The average molecular weight is 429 g/mol. The maximum absolute atomic E-state index is 12.1. The van der Waals surface area contributed by atoms with Gasteiger partial charge in [0.25, 0.3) is 0 Å². The van der Waals surface area contributed by atoms with Crippen LogP contribution < -0.4 is 0 Å². The number of hydrogen-bond acceptors (Lipinski definition) is 4. The molecule has 1 aliphatic rings. The third-order valence-electron chi connectivity index (χ3n) is 4.66. The quantitative estimate of drug-likeness (QED) is 0.627. The molecule has 4 rings (SSSR count). The number of aromatic carboxylic acids is 1. The number of pyridine rings is 1. The highest BCUT2D eigenvalue weighted by molar-refractivity contribution is 9.11. The molecule has 0 saturated carbocycles. The van der Waals surface area contributed by atoms with Crippen LogP contribution in [0.2, 0.25) is 0 Å². The Morgan fingerprint density at radius 1 is 1.38 bits per heavy atom. The summed E-state index contributed by atoms with van der Waals surface area (Å²) in [6, 6.07) is 9.56. The zero-order valence-corrected chi connectivity index (χ0v) is 16.6. The van der Waals surface area contributed by atoms with E-state index in [1.54, 1.807) is 11.3 Å². The van der Waals surface area contributed by atoms with Crippen molar-refractivity contribution < 1.29 is 9.90 Å². The number of nitrogens with zero attached hydrogens (tertiary/aromatic N) is 2. The minimum Gasteiger partial charge on any atom is -0.478 e. The Bertz CT molecular complexity index is 1040. The molecule has 0 radical (unpaired) electrons. The highest BCUT2D eigenvalue weighted by Crippen LogP contribution is 2.34. The lowest BCUT2D eigenvalue weighted by atomic mass is 9.92. The molecule has 1 N–H and O–H groups in total. The van der Waals surface area contributed by atoms with Crippen molar-refractivity contribution in [1.82, 2.24) is 9.88 Å². The molecular weight excluding hydrogens is 412 g/mol. The number of carboxylic acids is 1. The van der Waals surface area contributed by atoms with E-state index in [0.717, 1.165) is 44.8 Å². The molecule has 1 aliphatic heterocycles. The number of likely N-dealkylation sites (N-methyl/N-ethyl adjacent to an activating group) is 1. The summed E-state index contributed by atoms with van der Waals surface area (Å²) in [5, 5.41) is 12.7. The second-order valence-electron chi connectivity index (χ2n) is 6.29. The van der Waals surface area contributed by atoms with E-state index >= 15 is 0 Å². The van der Waals surface area contributed by atoms with Gasteiger partial charge in [-0.05, 0) is 57.2 Å². The molecule has 0 saturated heterocycles. The van der Waals surface area contributed by atoms with Crippen LogP contribution in [0.1, 0.15) is 34.1 Å². The number of fused-ring (bicyclic) bond motifs is 2.